The van der Waals surface area contributed by atoms with Crippen molar-refractivity contribution in [2.24, 2.45) is 0 Å². The second kappa shape index (κ2) is 9.62. The van der Waals surface area contributed by atoms with Crippen molar-refractivity contribution in [1.82, 2.24) is 9.55 Å². The van der Waals surface area contributed by atoms with Crippen LogP contribution in [0.4, 0.5) is 20.3 Å². The van der Waals surface area contributed by atoms with E-state index in [-0.39, 0.29) is 24.6 Å². The Balaban J connectivity index is 1.74. The molecule has 0 unspecified atom stereocenters. The van der Waals surface area contributed by atoms with E-state index < -0.39 is 29.0 Å². The molecule has 4 aromatic rings. The second-order valence-electron chi connectivity index (χ2n) is 7.61. The Hall–Kier alpha value is -4.40. The molecule has 172 valence electrons. The molecular weight excluding hydrogens is 442 g/mol. The highest BCUT2D eigenvalue weighted by Crippen LogP contribution is 2.18. The van der Waals surface area contributed by atoms with Crippen molar-refractivity contribution in [3.8, 4) is 0 Å². The fourth-order valence-corrected chi connectivity index (χ4v) is 3.53. The Morgan fingerprint density at radius 2 is 1.71 bits per heavy atom. The third-order valence-corrected chi connectivity index (χ3v) is 5.14. The topological polar surface area (TPSA) is 84.3 Å². The van der Waals surface area contributed by atoms with Gasteiger partial charge in [0.25, 0.3) is 5.56 Å². The number of para-hydroxylation sites is 2. The van der Waals surface area contributed by atoms with Crippen LogP contribution in [0.3, 0.4) is 0 Å². The number of nitrogens with zero attached hydrogens (tertiary/aromatic N) is 3. The fourth-order valence-electron chi connectivity index (χ4n) is 3.53. The zero-order valence-electron chi connectivity index (χ0n) is 18.2. The summed E-state index contributed by atoms with van der Waals surface area (Å²) in [5.41, 5.74) is 1.00. The van der Waals surface area contributed by atoms with Crippen LogP contribution in [-0.2, 0) is 22.7 Å². The molecule has 4 rings (SSSR count). The lowest BCUT2D eigenvalue weighted by molar-refractivity contribution is -0.117. The number of carbonyl (C=O) groups is 2. The molecule has 34 heavy (non-hydrogen) atoms. The summed E-state index contributed by atoms with van der Waals surface area (Å²) in [7, 11) is 0. The van der Waals surface area contributed by atoms with Crippen molar-refractivity contribution >= 4 is 34.4 Å². The van der Waals surface area contributed by atoms with Gasteiger partial charge in [-0.05, 0) is 48.0 Å². The molecule has 0 radical (unpaired) electrons. The minimum atomic E-state index is -0.648. The number of anilines is 2. The lowest BCUT2D eigenvalue weighted by Crippen LogP contribution is -2.38. The van der Waals surface area contributed by atoms with Crippen LogP contribution >= 0.6 is 0 Å². The third-order valence-electron chi connectivity index (χ3n) is 5.14. The smallest absolute Gasteiger partial charge is 0.294 e. The minimum Gasteiger partial charge on any atom is -0.324 e. The number of amides is 2. The number of halogens is 2. The molecule has 0 saturated heterocycles. The number of nitrogens with one attached hydrogen (secondary N) is 1. The molecule has 3 aromatic carbocycles. The van der Waals surface area contributed by atoms with Crippen molar-refractivity contribution in [1.29, 1.82) is 0 Å². The molecule has 0 aliphatic heterocycles. The Labute approximate surface area is 193 Å². The van der Waals surface area contributed by atoms with Crippen LogP contribution in [0.2, 0.25) is 0 Å². The molecular formula is C25H20F2N4O3. The number of carbonyl (C=O) groups excluding carboxylic acids is 2. The van der Waals surface area contributed by atoms with Crippen molar-refractivity contribution in [3.05, 3.63) is 100 Å². The molecule has 9 heteroatoms. The molecule has 1 heterocycles. The predicted molar refractivity (Wildman–Crippen MR) is 124 cm³/mol. The average molecular weight is 462 g/mol. The highest BCUT2D eigenvalue weighted by molar-refractivity contribution is 5.93. The summed E-state index contributed by atoms with van der Waals surface area (Å²) in [6, 6.07) is 17.7. The molecule has 0 spiro atoms. The largest absolute Gasteiger partial charge is 0.324 e. The molecule has 2 amide bonds. The standard InChI is InChI=1S/C25H20F2N4O3/c1-16(32)30(14-17-9-11-18(26)12-10-17)24-25(34)31(22-8-3-2-7-21(22)29-24)15-23(33)28-20-6-4-5-19(27)13-20/h2-13H,14-15H2,1H3,(H,28,33). The first-order valence-corrected chi connectivity index (χ1v) is 10.4. The van der Waals surface area contributed by atoms with Crippen LogP contribution in [-0.4, -0.2) is 21.4 Å². The van der Waals surface area contributed by atoms with Gasteiger partial charge in [-0.3, -0.25) is 23.9 Å². The Morgan fingerprint density at radius 1 is 0.971 bits per heavy atom. The lowest BCUT2D eigenvalue weighted by atomic mass is 10.2. The number of aromatic nitrogens is 2. The zero-order chi connectivity index (χ0) is 24.2. The lowest BCUT2D eigenvalue weighted by Gasteiger charge is -2.21. The normalized spacial score (nSPS) is 10.8. The van der Waals surface area contributed by atoms with Gasteiger partial charge in [0.05, 0.1) is 17.6 Å². The van der Waals surface area contributed by atoms with E-state index in [1.165, 1.54) is 58.9 Å². The summed E-state index contributed by atoms with van der Waals surface area (Å²) in [5.74, 6) is -2.09. The molecule has 0 saturated carbocycles. The van der Waals surface area contributed by atoms with E-state index in [9.17, 15) is 23.2 Å². The molecule has 7 nitrogen and oxygen atoms in total. The van der Waals surface area contributed by atoms with Gasteiger partial charge < -0.3 is 5.32 Å². The first-order valence-electron chi connectivity index (χ1n) is 10.4. The summed E-state index contributed by atoms with van der Waals surface area (Å²) >= 11 is 0. The fraction of sp³-hybridized carbons (Fsp3) is 0.120. The van der Waals surface area contributed by atoms with Gasteiger partial charge in [-0.15, -0.1) is 0 Å². The summed E-state index contributed by atoms with van der Waals surface area (Å²) in [5, 5.41) is 2.56. The first kappa shape index (κ1) is 22.8. The van der Waals surface area contributed by atoms with E-state index in [0.717, 1.165) is 6.07 Å². The summed E-state index contributed by atoms with van der Waals surface area (Å²) in [4.78, 5) is 44.2. The van der Waals surface area contributed by atoms with Gasteiger partial charge in [-0.2, -0.15) is 0 Å². The van der Waals surface area contributed by atoms with Crippen LogP contribution in [0.5, 0.6) is 0 Å². The Bertz CT molecular complexity index is 1430. The maximum absolute atomic E-state index is 13.5. The number of benzene rings is 3. The summed E-state index contributed by atoms with van der Waals surface area (Å²) in [6.07, 6.45) is 0. The SMILES string of the molecule is CC(=O)N(Cc1ccc(F)cc1)c1nc2ccccc2n(CC(=O)Nc2cccc(F)c2)c1=O. The van der Waals surface area contributed by atoms with Gasteiger partial charge in [0.15, 0.2) is 0 Å². The van der Waals surface area contributed by atoms with Crippen LogP contribution in [0, 0.1) is 11.6 Å². The average Bonchev–Trinajstić information content (AvgIpc) is 2.80. The van der Waals surface area contributed by atoms with Crippen molar-refractivity contribution in [2.75, 3.05) is 10.2 Å². The van der Waals surface area contributed by atoms with E-state index in [2.05, 4.69) is 10.3 Å². The highest BCUT2D eigenvalue weighted by atomic mass is 19.1. The first-order chi connectivity index (χ1) is 16.3. The Kier molecular flexibility index (Phi) is 6.44. The molecule has 0 aliphatic rings. The van der Waals surface area contributed by atoms with E-state index in [1.807, 2.05) is 0 Å². The van der Waals surface area contributed by atoms with Crippen molar-refractivity contribution in [3.63, 3.8) is 0 Å². The number of hydrogen-bond acceptors (Lipinski definition) is 4. The van der Waals surface area contributed by atoms with E-state index in [0.29, 0.717) is 16.6 Å². The molecule has 1 aromatic heterocycles. The molecule has 0 aliphatic carbocycles. The number of rotatable bonds is 6. The predicted octanol–water partition coefficient (Wildman–Crippen LogP) is 3.87. The van der Waals surface area contributed by atoms with Crippen LogP contribution in [0.1, 0.15) is 12.5 Å². The third kappa shape index (κ3) is 4.98. The van der Waals surface area contributed by atoms with E-state index in [4.69, 9.17) is 0 Å². The van der Waals surface area contributed by atoms with Gasteiger partial charge >= 0.3 is 0 Å². The van der Waals surface area contributed by atoms with Crippen molar-refractivity contribution < 1.29 is 18.4 Å². The van der Waals surface area contributed by atoms with Gasteiger partial charge in [0.2, 0.25) is 17.6 Å². The van der Waals surface area contributed by atoms with E-state index >= 15 is 0 Å². The minimum absolute atomic E-state index is 0.00825. The second-order valence-corrected chi connectivity index (χ2v) is 7.61. The quantitative estimate of drug-likeness (QED) is 0.472. The monoisotopic (exact) mass is 462 g/mol. The number of hydrogen-bond donors (Lipinski definition) is 1. The van der Waals surface area contributed by atoms with Crippen LogP contribution in [0.25, 0.3) is 11.0 Å². The molecule has 0 fully saturated rings. The summed E-state index contributed by atoms with van der Waals surface area (Å²) in [6.45, 7) is 0.903. The van der Waals surface area contributed by atoms with Crippen LogP contribution in [0.15, 0.2) is 77.6 Å². The Morgan fingerprint density at radius 3 is 2.41 bits per heavy atom. The molecule has 0 atom stereocenters. The van der Waals surface area contributed by atoms with Gasteiger partial charge in [0, 0.05) is 12.6 Å². The highest BCUT2D eigenvalue weighted by Gasteiger charge is 2.22. The van der Waals surface area contributed by atoms with Crippen LogP contribution < -0.4 is 15.8 Å². The summed E-state index contributed by atoms with van der Waals surface area (Å²) < 4.78 is 28.0. The molecule has 1 N–H and O–H groups in total. The van der Waals surface area contributed by atoms with Crippen molar-refractivity contribution in [2.45, 2.75) is 20.0 Å². The maximum atomic E-state index is 13.5. The van der Waals surface area contributed by atoms with E-state index in [1.54, 1.807) is 24.3 Å². The molecule has 0 bridgehead atoms. The maximum Gasteiger partial charge on any atom is 0.294 e. The van der Waals surface area contributed by atoms with Gasteiger partial charge in [-0.25, -0.2) is 13.8 Å². The van der Waals surface area contributed by atoms with Gasteiger partial charge in [0.1, 0.15) is 18.2 Å². The number of fused-ring (bicyclic) bond motifs is 1. The zero-order valence-corrected chi connectivity index (χ0v) is 18.2. The van der Waals surface area contributed by atoms with Gasteiger partial charge in [-0.1, -0.05) is 30.3 Å².